The van der Waals surface area contributed by atoms with E-state index in [0.717, 1.165) is 11.1 Å². The average molecular weight is 309 g/mol. The highest BCUT2D eigenvalue weighted by atomic mass is 16.5. The first-order chi connectivity index (χ1) is 11.1. The summed E-state index contributed by atoms with van der Waals surface area (Å²) < 4.78 is 5.23. The second-order valence-electron chi connectivity index (χ2n) is 6.02. The number of methoxy groups -OCH3 is 1. The first-order valence-electron chi connectivity index (χ1n) is 7.35. The van der Waals surface area contributed by atoms with Crippen molar-refractivity contribution in [3.8, 4) is 17.9 Å². The SMILES string of the molecule is COc1ccc2c(c1)CC1(CC2)[C@H](C#N)C(=O)NC(=O)[C@H]1C#N. The van der Waals surface area contributed by atoms with Crippen LogP contribution in [0.3, 0.4) is 0 Å². The summed E-state index contributed by atoms with van der Waals surface area (Å²) >= 11 is 0. The Morgan fingerprint density at radius 2 is 1.83 bits per heavy atom. The predicted octanol–water partition coefficient (Wildman–Crippen LogP) is 1.11. The van der Waals surface area contributed by atoms with Crippen LogP contribution in [0.2, 0.25) is 0 Å². The standard InChI is InChI=1S/C17H15N3O3/c1-23-12-3-2-10-4-5-17(7-11(10)6-12)13(8-18)15(21)20-16(22)14(17)9-19/h2-3,6,13-14H,4-5,7H2,1H3,(H,20,21,22)/t13-,14-/m1/s1. The van der Waals surface area contributed by atoms with Crippen LogP contribution in [0.1, 0.15) is 17.5 Å². The molecule has 1 aromatic rings. The molecule has 1 aromatic carbocycles. The molecule has 0 aromatic heterocycles. The lowest BCUT2D eigenvalue weighted by molar-refractivity contribution is -0.145. The van der Waals surface area contributed by atoms with Gasteiger partial charge in [0.05, 0.1) is 19.2 Å². The highest BCUT2D eigenvalue weighted by Gasteiger charge is 2.57. The molecule has 2 aliphatic rings. The van der Waals surface area contributed by atoms with Crippen LogP contribution in [0.4, 0.5) is 0 Å². The Bertz CT molecular complexity index is 740. The van der Waals surface area contributed by atoms with E-state index in [1.165, 1.54) is 0 Å². The lowest BCUT2D eigenvalue weighted by Gasteiger charge is -2.45. The number of hydrogen-bond donors (Lipinski definition) is 1. The Balaban J connectivity index is 2.11. The fourth-order valence-corrected chi connectivity index (χ4v) is 3.77. The molecule has 2 atom stereocenters. The highest BCUT2D eigenvalue weighted by molar-refractivity contribution is 6.03. The van der Waals surface area contributed by atoms with Crippen LogP contribution in [-0.2, 0) is 22.4 Å². The molecule has 1 N–H and O–H groups in total. The Kier molecular flexibility index (Phi) is 3.54. The molecule has 116 valence electrons. The zero-order valence-electron chi connectivity index (χ0n) is 12.6. The molecular weight excluding hydrogens is 294 g/mol. The topological polar surface area (TPSA) is 103 Å². The number of amides is 2. The molecular formula is C17H15N3O3. The Morgan fingerprint density at radius 1 is 1.17 bits per heavy atom. The van der Waals surface area contributed by atoms with E-state index in [1.807, 2.05) is 30.3 Å². The van der Waals surface area contributed by atoms with Gasteiger partial charge in [0.15, 0.2) is 0 Å². The maximum absolute atomic E-state index is 12.1. The summed E-state index contributed by atoms with van der Waals surface area (Å²) in [5.74, 6) is -2.55. The largest absolute Gasteiger partial charge is 0.497 e. The summed E-state index contributed by atoms with van der Waals surface area (Å²) in [7, 11) is 1.56. The summed E-state index contributed by atoms with van der Waals surface area (Å²) in [6.45, 7) is 0. The van der Waals surface area contributed by atoms with Gasteiger partial charge in [0.25, 0.3) is 0 Å². The molecule has 3 rings (SSSR count). The molecule has 23 heavy (non-hydrogen) atoms. The van der Waals surface area contributed by atoms with Crippen molar-refractivity contribution in [1.29, 1.82) is 10.5 Å². The molecule has 6 nitrogen and oxygen atoms in total. The van der Waals surface area contributed by atoms with Crippen LogP contribution in [0, 0.1) is 39.9 Å². The number of rotatable bonds is 1. The van der Waals surface area contributed by atoms with Gasteiger partial charge in [-0.15, -0.1) is 0 Å². The van der Waals surface area contributed by atoms with E-state index in [0.29, 0.717) is 25.0 Å². The molecule has 1 aliphatic carbocycles. The van der Waals surface area contributed by atoms with Crippen LogP contribution >= 0.6 is 0 Å². The molecule has 1 fully saturated rings. The Morgan fingerprint density at radius 3 is 2.39 bits per heavy atom. The van der Waals surface area contributed by atoms with Crippen LogP contribution in [-0.4, -0.2) is 18.9 Å². The quantitative estimate of drug-likeness (QED) is 0.783. The van der Waals surface area contributed by atoms with Gasteiger partial charge in [-0.3, -0.25) is 14.9 Å². The number of fused-ring (bicyclic) bond motifs is 1. The number of hydrogen-bond acceptors (Lipinski definition) is 5. The number of nitriles is 2. The van der Waals surface area contributed by atoms with E-state index in [2.05, 4.69) is 5.32 Å². The van der Waals surface area contributed by atoms with Gasteiger partial charge in [-0.25, -0.2) is 0 Å². The van der Waals surface area contributed by atoms with Gasteiger partial charge >= 0.3 is 0 Å². The van der Waals surface area contributed by atoms with Gasteiger partial charge in [-0.1, -0.05) is 6.07 Å². The van der Waals surface area contributed by atoms with Crippen LogP contribution in [0.5, 0.6) is 5.75 Å². The van der Waals surface area contributed by atoms with E-state index in [-0.39, 0.29) is 0 Å². The fourth-order valence-electron chi connectivity index (χ4n) is 3.77. The second-order valence-corrected chi connectivity index (χ2v) is 6.02. The average Bonchev–Trinajstić information content (AvgIpc) is 2.54. The van der Waals surface area contributed by atoms with Crippen LogP contribution in [0.25, 0.3) is 0 Å². The third kappa shape index (κ3) is 2.15. The molecule has 2 amide bonds. The molecule has 0 bridgehead atoms. The van der Waals surface area contributed by atoms with Crippen molar-refractivity contribution in [2.24, 2.45) is 17.3 Å². The zero-order chi connectivity index (χ0) is 16.6. The summed E-state index contributed by atoms with van der Waals surface area (Å²) in [6, 6.07) is 9.69. The zero-order valence-corrected chi connectivity index (χ0v) is 12.6. The van der Waals surface area contributed by atoms with Crippen molar-refractivity contribution in [2.45, 2.75) is 19.3 Å². The van der Waals surface area contributed by atoms with Crippen molar-refractivity contribution < 1.29 is 14.3 Å². The highest BCUT2D eigenvalue weighted by Crippen LogP contribution is 2.49. The van der Waals surface area contributed by atoms with Gasteiger partial charge < -0.3 is 4.74 Å². The van der Waals surface area contributed by atoms with Crippen molar-refractivity contribution in [2.75, 3.05) is 7.11 Å². The predicted molar refractivity (Wildman–Crippen MR) is 78.8 cm³/mol. The lowest BCUT2D eigenvalue weighted by Crippen LogP contribution is -2.59. The third-order valence-electron chi connectivity index (χ3n) is 4.97. The van der Waals surface area contributed by atoms with Gasteiger partial charge in [-0.05, 0) is 42.5 Å². The number of piperidine rings is 1. The van der Waals surface area contributed by atoms with E-state index in [4.69, 9.17) is 4.74 Å². The maximum atomic E-state index is 12.1. The van der Waals surface area contributed by atoms with E-state index in [9.17, 15) is 20.1 Å². The number of aryl methyl sites for hydroxylation is 1. The smallest absolute Gasteiger partial charge is 0.244 e. The van der Waals surface area contributed by atoms with Crippen molar-refractivity contribution in [3.63, 3.8) is 0 Å². The number of ether oxygens (including phenoxy) is 1. The first kappa shape index (κ1) is 15.1. The van der Waals surface area contributed by atoms with E-state index >= 15 is 0 Å². The number of imide groups is 1. The lowest BCUT2D eigenvalue weighted by atomic mass is 9.56. The minimum absolute atomic E-state index is 0.342. The molecule has 1 saturated heterocycles. The molecule has 0 radical (unpaired) electrons. The summed E-state index contributed by atoms with van der Waals surface area (Å²) in [5.41, 5.74) is 1.06. The number of carbonyl (C=O) groups excluding carboxylic acids is 2. The van der Waals surface area contributed by atoms with Crippen molar-refractivity contribution >= 4 is 11.8 Å². The minimum atomic E-state index is -1.01. The van der Waals surface area contributed by atoms with Crippen molar-refractivity contribution in [3.05, 3.63) is 29.3 Å². The van der Waals surface area contributed by atoms with Gasteiger partial charge in [-0.2, -0.15) is 10.5 Å². The fraction of sp³-hybridized carbons (Fsp3) is 0.412. The summed E-state index contributed by atoms with van der Waals surface area (Å²) in [6.07, 6.45) is 1.42. The first-order valence-corrected chi connectivity index (χ1v) is 7.35. The summed E-state index contributed by atoms with van der Waals surface area (Å²) in [4.78, 5) is 24.2. The minimum Gasteiger partial charge on any atom is -0.497 e. The van der Waals surface area contributed by atoms with E-state index in [1.54, 1.807) is 7.11 Å². The molecule has 1 aliphatic heterocycles. The number of carbonyl (C=O) groups is 2. The molecule has 1 spiro atoms. The molecule has 6 heteroatoms. The number of benzene rings is 1. The normalized spacial score (nSPS) is 25.0. The third-order valence-corrected chi connectivity index (χ3v) is 4.97. The molecule has 0 saturated carbocycles. The number of nitrogens with zero attached hydrogens (tertiary/aromatic N) is 2. The van der Waals surface area contributed by atoms with E-state index < -0.39 is 29.1 Å². The summed E-state index contributed by atoms with van der Waals surface area (Å²) in [5, 5.41) is 21.1. The Labute approximate surface area is 133 Å². The molecule has 0 unspecified atom stereocenters. The second kappa shape index (κ2) is 5.40. The van der Waals surface area contributed by atoms with Gasteiger partial charge in [0.1, 0.15) is 17.6 Å². The van der Waals surface area contributed by atoms with Crippen molar-refractivity contribution in [1.82, 2.24) is 5.32 Å². The Hall–Kier alpha value is -2.86. The maximum Gasteiger partial charge on any atom is 0.244 e. The van der Waals surface area contributed by atoms with Gasteiger partial charge in [0.2, 0.25) is 11.8 Å². The number of nitrogens with one attached hydrogen (secondary N) is 1. The van der Waals surface area contributed by atoms with Crippen LogP contribution < -0.4 is 10.1 Å². The van der Waals surface area contributed by atoms with Gasteiger partial charge in [0, 0.05) is 5.41 Å². The monoisotopic (exact) mass is 309 g/mol. The van der Waals surface area contributed by atoms with Crippen LogP contribution in [0.15, 0.2) is 18.2 Å². The molecule has 1 heterocycles.